The van der Waals surface area contributed by atoms with Gasteiger partial charge in [0.15, 0.2) is 0 Å². The molecule has 2 atom stereocenters. The average molecular weight is 312 g/mol. The SMILES string of the molecule is CC(N)C(Sc1cccc(Br)c1)c1ccco1. The lowest BCUT2D eigenvalue weighted by molar-refractivity contribution is 0.487. The number of hydrogen-bond donors (Lipinski definition) is 1. The van der Waals surface area contributed by atoms with Crippen molar-refractivity contribution in [3.63, 3.8) is 0 Å². The molecule has 4 heteroatoms. The molecule has 17 heavy (non-hydrogen) atoms. The van der Waals surface area contributed by atoms with Gasteiger partial charge >= 0.3 is 0 Å². The standard InChI is InChI=1S/C13H14BrNOS/c1-9(15)13(12-6-3-7-16-12)17-11-5-2-4-10(14)8-11/h2-9,13H,15H2,1H3. The summed E-state index contributed by atoms with van der Waals surface area (Å²) in [5.74, 6) is 0.921. The fourth-order valence-electron chi connectivity index (χ4n) is 1.56. The predicted molar refractivity (Wildman–Crippen MR) is 75.1 cm³/mol. The zero-order valence-electron chi connectivity index (χ0n) is 9.47. The number of thioether (sulfide) groups is 1. The van der Waals surface area contributed by atoms with Gasteiger partial charge < -0.3 is 10.2 Å². The highest BCUT2D eigenvalue weighted by molar-refractivity contribution is 9.10. The summed E-state index contributed by atoms with van der Waals surface area (Å²) in [7, 11) is 0. The highest BCUT2D eigenvalue weighted by atomic mass is 79.9. The number of benzene rings is 1. The Hall–Kier alpha value is -0.710. The van der Waals surface area contributed by atoms with Gasteiger partial charge in [-0.25, -0.2) is 0 Å². The van der Waals surface area contributed by atoms with Gasteiger partial charge in [-0.2, -0.15) is 0 Å². The van der Waals surface area contributed by atoms with E-state index in [1.165, 1.54) is 4.90 Å². The molecule has 2 N–H and O–H groups in total. The van der Waals surface area contributed by atoms with Crippen LogP contribution in [-0.4, -0.2) is 6.04 Å². The Kier molecular flexibility index (Phi) is 4.31. The molecule has 2 nitrogen and oxygen atoms in total. The smallest absolute Gasteiger partial charge is 0.118 e. The van der Waals surface area contributed by atoms with E-state index in [9.17, 15) is 0 Å². The molecular formula is C13H14BrNOS. The maximum atomic E-state index is 6.02. The van der Waals surface area contributed by atoms with E-state index in [0.717, 1.165) is 10.2 Å². The van der Waals surface area contributed by atoms with E-state index in [1.807, 2.05) is 31.2 Å². The normalized spacial score (nSPS) is 14.5. The predicted octanol–water partition coefficient (Wildman–Crippen LogP) is 4.22. The molecule has 2 unspecified atom stereocenters. The summed E-state index contributed by atoms with van der Waals surface area (Å²) >= 11 is 5.19. The van der Waals surface area contributed by atoms with Crippen LogP contribution < -0.4 is 5.73 Å². The van der Waals surface area contributed by atoms with Gasteiger partial charge in [-0.3, -0.25) is 0 Å². The second-order valence-corrected chi connectivity index (χ2v) is 6.00. The quantitative estimate of drug-likeness (QED) is 0.859. The van der Waals surface area contributed by atoms with E-state index in [-0.39, 0.29) is 11.3 Å². The number of rotatable bonds is 4. The summed E-state index contributed by atoms with van der Waals surface area (Å²) in [5, 5.41) is 0.138. The Morgan fingerprint density at radius 3 is 2.71 bits per heavy atom. The third-order valence-corrected chi connectivity index (χ3v) is 4.30. The van der Waals surface area contributed by atoms with Crippen molar-refractivity contribution in [3.8, 4) is 0 Å². The summed E-state index contributed by atoms with van der Waals surface area (Å²) in [6, 6.07) is 12.1. The molecule has 90 valence electrons. The van der Waals surface area contributed by atoms with Crippen LogP contribution in [-0.2, 0) is 0 Å². The van der Waals surface area contributed by atoms with Crippen molar-refractivity contribution < 1.29 is 4.42 Å². The Bertz CT molecular complexity index is 470. The molecule has 0 fully saturated rings. The second kappa shape index (κ2) is 5.76. The van der Waals surface area contributed by atoms with Crippen LogP contribution in [0, 0.1) is 0 Å². The zero-order chi connectivity index (χ0) is 12.3. The number of nitrogens with two attached hydrogens (primary N) is 1. The molecule has 2 rings (SSSR count). The summed E-state index contributed by atoms with van der Waals surface area (Å²) < 4.78 is 6.52. The summed E-state index contributed by atoms with van der Waals surface area (Å²) in [6.45, 7) is 2.00. The van der Waals surface area contributed by atoms with E-state index in [4.69, 9.17) is 10.2 Å². The first-order valence-electron chi connectivity index (χ1n) is 5.38. The highest BCUT2D eigenvalue weighted by Gasteiger charge is 2.20. The number of furan rings is 1. The Balaban J connectivity index is 2.19. The first-order chi connectivity index (χ1) is 8.16. The van der Waals surface area contributed by atoms with Crippen molar-refractivity contribution in [1.82, 2.24) is 0 Å². The maximum Gasteiger partial charge on any atom is 0.118 e. The van der Waals surface area contributed by atoms with Crippen molar-refractivity contribution in [2.24, 2.45) is 5.73 Å². The molecule has 0 radical (unpaired) electrons. The van der Waals surface area contributed by atoms with Crippen LogP contribution in [0.25, 0.3) is 0 Å². The third kappa shape index (κ3) is 3.37. The molecule has 1 aromatic carbocycles. The minimum Gasteiger partial charge on any atom is -0.468 e. The van der Waals surface area contributed by atoms with Crippen molar-refractivity contribution in [2.45, 2.75) is 23.1 Å². The van der Waals surface area contributed by atoms with Gasteiger partial charge in [-0.05, 0) is 37.3 Å². The fraction of sp³-hybridized carbons (Fsp3) is 0.231. The fourth-order valence-corrected chi connectivity index (χ4v) is 3.23. The van der Waals surface area contributed by atoms with E-state index in [1.54, 1.807) is 18.0 Å². The van der Waals surface area contributed by atoms with E-state index < -0.39 is 0 Å². The van der Waals surface area contributed by atoms with Crippen molar-refractivity contribution in [3.05, 3.63) is 52.9 Å². The monoisotopic (exact) mass is 311 g/mol. The molecule has 1 heterocycles. The molecule has 0 aliphatic heterocycles. The maximum absolute atomic E-state index is 6.02. The summed E-state index contributed by atoms with van der Waals surface area (Å²) in [5.41, 5.74) is 6.02. The third-order valence-electron chi connectivity index (χ3n) is 2.36. The number of hydrogen-bond acceptors (Lipinski definition) is 3. The topological polar surface area (TPSA) is 39.2 Å². The molecule has 0 saturated carbocycles. The second-order valence-electron chi connectivity index (χ2n) is 3.87. The van der Waals surface area contributed by atoms with Gasteiger partial charge in [0, 0.05) is 15.4 Å². The lowest BCUT2D eigenvalue weighted by Crippen LogP contribution is -2.22. The first-order valence-corrected chi connectivity index (χ1v) is 7.05. The van der Waals surface area contributed by atoms with Crippen molar-refractivity contribution in [1.29, 1.82) is 0 Å². The van der Waals surface area contributed by atoms with Gasteiger partial charge in [0.2, 0.25) is 0 Å². The molecule has 0 bridgehead atoms. The van der Waals surface area contributed by atoms with Crippen LogP contribution in [0.4, 0.5) is 0 Å². The molecular weight excluding hydrogens is 298 g/mol. The molecule has 0 spiro atoms. The summed E-state index contributed by atoms with van der Waals surface area (Å²) in [6.07, 6.45) is 1.69. The molecule has 2 aromatic rings. The van der Waals surface area contributed by atoms with E-state index >= 15 is 0 Å². The minimum absolute atomic E-state index is 0.0325. The Morgan fingerprint density at radius 1 is 1.29 bits per heavy atom. The Morgan fingerprint density at radius 2 is 2.12 bits per heavy atom. The van der Waals surface area contributed by atoms with Crippen LogP contribution in [0.3, 0.4) is 0 Å². The Labute approximate surface area is 114 Å². The highest BCUT2D eigenvalue weighted by Crippen LogP contribution is 2.38. The van der Waals surface area contributed by atoms with Crippen LogP contribution in [0.2, 0.25) is 0 Å². The van der Waals surface area contributed by atoms with E-state index in [0.29, 0.717) is 0 Å². The van der Waals surface area contributed by atoms with Crippen LogP contribution in [0.15, 0.2) is 56.4 Å². The van der Waals surface area contributed by atoms with E-state index in [2.05, 4.69) is 28.1 Å². The van der Waals surface area contributed by atoms with Crippen LogP contribution in [0.5, 0.6) is 0 Å². The van der Waals surface area contributed by atoms with Crippen LogP contribution in [0.1, 0.15) is 17.9 Å². The van der Waals surface area contributed by atoms with Crippen LogP contribution >= 0.6 is 27.7 Å². The largest absolute Gasteiger partial charge is 0.468 e. The van der Waals surface area contributed by atoms with Gasteiger partial charge in [0.25, 0.3) is 0 Å². The van der Waals surface area contributed by atoms with Gasteiger partial charge in [0.1, 0.15) is 5.76 Å². The lowest BCUT2D eigenvalue weighted by Gasteiger charge is -2.18. The minimum atomic E-state index is 0.0325. The number of halogens is 1. The first kappa shape index (κ1) is 12.7. The van der Waals surface area contributed by atoms with Crippen molar-refractivity contribution in [2.75, 3.05) is 0 Å². The molecule has 0 amide bonds. The molecule has 1 aromatic heterocycles. The lowest BCUT2D eigenvalue weighted by atomic mass is 10.2. The molecule has 0 aliphatic rings. The average Bonchev–Trinajstić information content (AvgIpc) is 2.78. The molecule has 0 saturated heterocycles. The zero-order valence-corrected chi connectivity index (χ0v) is 11.9. The van der Waals surface area contributed by atoms with Gasteiger partial charge in [-0.1, -0.05) is 22.0 Å². The van der Waals surface area contributed by atoms with Gasteiger partial charge in [0.05, 0.1) is 11.5 Å². The molecule has 0 aliphatic carbocycles. The van der Waals surface area contributed by atoms with Crippen molar-refractivity contribution >= 4 is 27.7 Å². The van der Waals surface area contributed by atoms with Gasteiger partial charge in [-0.15, -0.1) is 11.8 Å². The summed E-state index contributed by atoms with van der Waals surface area (Å²) in [4.78, 5) is 1.18.